The third kappa shape index (κ3) is 9.38. The number of hydrogen-bond acceptors (Lipinski definition) is 7. The van der Waals surface area contributed by atoms with Gasteiger partial charge in [-0.1, -0.05) is 22.8 Å². The molecule has 1 atom stereocenters. The molecule has 0 saturated carbocycles. The van der Waals surface area contributed by atoms with Crippen molar-refractivity contribution in [2.45, 2.75) is 71.4 Å². The molecule has 3 aromatic rings. The number of fused-ring (bicyclic) bond motifs is 1. The molecule has 2 aliphatic rings. The number of alkyl halides is 6. The summed E-state index contributed by atoms with van der Waals surface area (Å²) >= 11 is 0. The quantitative estimate of drug-likeness (QED) is 0.221. The molecule has 0 bridgehead atoms. The number of carbonyl (C=O) groups excluding carboxylic acids is 1. The highest BCUT2D eigenvalue weighted by Gasteiger charge is 2.38. The molecule has 48 heavy (non-hydrogen) atoms. The van der Waals surface area contributed by atoms with Crippen LogP contribution in [0.5, 0.6) is 0 Å². The fraction of sp³-hybridized carbons (Fsp3) is 0.576. The standard InChI is InChI=1S/C30H37F6N7.C3H7NO/c1-19-12-20(2)27-25(13-19)26(6-5-9-42(27)17-21-7-10-40(3)11-8-21)43(28-37-39-41(4)38-28)18-22-14-23(29(31,32)33)16-24(15-22)30(34,35)36;1-2-4-3-5/h12-16,21,26H,5-11,17-18H2,1-4H3;3H,2H2,1H3,(H,4,5). The van der Waals surface area contributed by atoms with Crippen LogP contribution >= 0.6 is 0 Å². The molecule has 3 heterocycles. The molecule has 2 aliphatic heterocycles. The van der Waals surface area contributed by atoms with Gasteiger partial charge in [0.25, 0.3) is 5.95 Å². The maximum absolute atomic E-state index is 13.7. The lowest BCUT2D eigenvalue weighted by Crippen LogP contribution is -2.38. The number of nitrogens with one attached hydrogen (secondary N) is 1. The Labute approximate surface area is 277 Å². The number of aromatic nitrogens is 4. The van der Waals surface area contributed by atoms with Gasteiger partial charge < -0.3 is 20.0 Å². The van der Waals surface area contributed by atoms with E-state index in [2.05, 4.69) is 56.6 Å². The Kier molecular flexibility index (Phi) is 12.0. The molecule has 264 valence electrons. The summed E-state index contributed by atoms with van der Waals surface area (Å²) in [6.45, 7) is 10.2. The molecule has 0 radical (unpaired) electrons. The summed E-state index contributed by atoms with van der Waals surface area (Å²) in [5.74, 6) is 0.678. The van der Waals surface area contributed by atoms with Gasteiger partial charge in [0.1, 0.15) is 0 Å². The normalized spacial score (nSPS) is 17.6. The van der Waals surface area contributed by atoms with E-state index in [1.165, 1.54) is 4.80 Å². The van der Waals surface area contributed by atoms with Crippen molar-refractivity contribution >= 4 is 18.0 Å². The zero-order valence-corrected chi connectivity index (χ0v) is 28.0. The Bertz CT molecular complexity index is 1480. The van der Waals surface area contributed by atoms with Crippen LogP contribution in [0, 0.1) is 19.8 Å². The van der Waals surface area contributed by atoms with Crippen LogP contribution in [0.3, 0.4) is 0 Å². The minimum atomic E-state index is -4.94. The molecule has 2 aromatic carbocycles. The molecule has 1 amide bonds. The van der Waals surface area contributed by atoms with Gasteiger partial charge in [0, 0.05) is 31.9 Å². The van der Waals surface area contributed by atoms with Crippen LogP contribution in [0.2, 0.25) is 0 Å². The van der Waals surface area contributed by atoms with Crippen molar-refractivity contribution in [3.63, 3.8) is 0 Å². The minimum Gasteiger partial charge on any atom is -0.371 e. The molecular formula is C33H44F6N8O. The number of carbonyl (C=O) groups is 1. The summed E-state index contributed by atoms with van der Waals surface area (Å²) in [5, 5.41) is 14.9. The number of anilines is 2. The Hall–Kier alpha value is -3.88. The molecule has 5 rings (SSSR count). The van der Waals surface area contributed by atoms with E-state index >= 15 is 0 Å². The number of benzene rings is 2. The number of tetrazole rings is 1. The van der Waals surface area contributed by atoms with E-state index in [9.17, 15) is 31.1 Å². The molecule has 9 nitrogen and oxygen atoms in total. The van der Waals surface area contributed by atoms with Gasteiger partial charge in [0.2, 0.25) is 6.41 Å². The summed E-state index contributed by atoms with van der Waals surface area (Å²) in [6.07, 6.45) is -5.61. The molecule has 0 spiro atoms. The highest BCUT2D eigenvalue weighted by Crippen LogP contribution is 2.43. The average Bonchev–Trinajstić information content (AvgIpc) is 3.36. The Balaban J connectivity index is 0.000000968. The first kappa shape index (κ1) is 36.9. The molecule has 1 N–H and O–H groups in total. The lowest BCUT2D eigenvalue weighted by molar-refractivity contribution is -0.143. The fourth-order valence-corrected chi connectivity index (χ4v) is 6.58. The third-order valence-corrected chi connectivity index (χ3v) is 8.79. The van der Waals surface area contributed by atoms with Crippen molar-refractivity contribution < 1.29 is 31.1 Å². The Morgan fingerprint density at radius 3 is 2.10 bits per heavy atom. The maximum Gasteiger partial charge on any atom is 0.416 e. The second kappa shape index (κ2) is 15.6. The van der Waals surface area contributed by atoms with Gasteiger partial charge in [-0.05, 0) is 113 Å². The first-order valence-corrected chi connectivity index (χ1v) is 16.1. The van der Waals surface area contributed by atoms with E-state index in [0.717, 1.165) is 86.5 Å². The average molecular weight is 683 g/mol. The van der Waals surface area contributed by atoms with E-state index in [0.29, 0.717) is 18.7 Å². The van der Waals surface area contributed by atoms with Crippen LogP contribution in [-0.2, 0) is 30.7 Å². The largest absolute Gasteiger partial charge is 0.416 e. The maximum atomic E-state index is 13.7. The van der Waals surface area contributed by atoms with Crippen LogP contribution in [0.1, 0.15) is 72.0 Å². The second-order valence-corrected chi connectivity index (χ2v) is 12.7. The molecule has 1 fully saturated rings. The zero-order valence-electron chi connectivity index (χ0n) is 28.0. The van der Waals surface area contributed by atoms with E-state index in [4.69, 9.17) is 0 Å². The van der Waals surface area contributed by atoms with Crippen LogP contribution in [0.4, 0.5) is 38.0 Å². The first-order chi connectivity index (χ1) is 22.6. The number of piperidine rings is 1. The van der Waals surface area contributed by atoms with E-state index in [1.807, 2.05) is 13.8 Å². The topological polar surface area (TPSA) is 82.4 Å². The van der Waals surface area contributed by atoms with Crippen molar-refractivity contribution in [3.05, 3.63) is 63.7 Å². The number of aryl methyl sites for hydroxylation is 3. The van der Waals surface area contributed by atoms with Crippen molar-refractivity contribution in [3.8, 4) is 0 Å². The molecular weight excluding hydrogens is 638 g/mol. The van der Waals surface area contributed by atoms with Gasteiger partial charge in [-0.15, -0.1) is 5.10 Å². The highest BCUT2D eigenvalue weighted by molar-refractivity contribution is 5.64. The highest BCUT2D eigenvalue weighted by atomic mass is 19.4. The van der Waals surface area contributed by atoms with E-state index in [-0.39, 0.29) is 24.1 Å². The number of nitrogens with zero attached hydrogens (tertiary/aromatic N) is 7. The fourth-order valence-electron chi connectivity index (χ4n) is 6.58. The van der Waals surface area contributed by atoms with Crippen LogP contribution in [0.15, 0.2) is 30.3 Å². The van der Waals surface area contributed by atoms with Crippen molar-refractivity contribution in [2.24, 2.45) is 13.0 Å². The van der Waals surface area contributed by atoms with E-state index in [1.54, 1.807) is 11.9 Å². The van der Waals surface area contributed by atoms with Crippen molar-refractivity contribution in [2.75, 3.05) is 49.6 Å². The third-order valence-electron chi connectivity index (χ3n) is 8.79. The lowest BCUT2D eigenvalue weighted by atomic mass is 9.93. The summed E-state index contributed by atoms with van der Waals surface area (Å²) < 4.78 is 82.3. The SMILES string of the molecule is CCNC=O.Cc1cc(C)c2c(c1)C(N(Cc1cc(C(F)(F)F)cc(C(F)(F)F)c1)c1nnn(C)n1)CCCN2CC1CCN(C)CC1. The number of halogens is 6. The predicted molar refractivity (Wildman–Crippen MR) is 171 cm³/mol. The summed E-state index contributed by atoms with van der Waals surface area (Å²) in [6, 6.07) is 5.52. The minimum absolute atomic E-state index is 0.132. The van der Waals surface area contributed by atoms with E-state index < -0.39 is 29.5 Å². The number of rotatable bonds is 8. The summed E-state index contributed by atoms with van der Waals surface area (Å²) in [7, 11) is 3.70. The van der Waals surface area contributed by atoms with Gasteiger partial charge >= 0.3 is 12.4 Å². The molecule has 1 aromatic heterocycles. The van der Waals surface area contributed by atoms with Gasteiger partial charge in [-0.3, -0.25) is 4.79 Å². The van der Waals surface area contributed by atoms with Crippen LogP contribution in [0.25, 0.3) is 0 Å². The Morgan fingerprint density at radius 1 is 0.938 bits per heavy atom. The van der Waals surface area contributed by atoms with Gasteiger partial charge in [0.15, 0.2) is 0 Å². The number of hydrogen-bond donors (Lipinski definition) is 1. The molecule has 15 heteroatoms. The first-order valence-electron chi connectivity index (χ1n) is 16.1. The molecule has 0 aliphatic carbocycles. The van der Waals surface area contributed by atoms with Gasteiger partial charge in [0.05, 0.1) is 24.2 Å². The van der Waals surface area contributed by atoms with Crippen molar-refractivity contribution in [1.82, 2.24) is 30.4 Å². The zero-order chi connectivity index (χ0) is 35.2. The lowest BCUT2D eigenvalue weighted by Gasteiger charge is -2.36. The molecule has 1 saturated heterocycles. The van der Waals surface area contributed by atoms with Gasteiger partial charge in [-0.2, -0.15) is 31.1 Å². The number of amides is 1. The predicted octanol–water partition coefficient (Wildman–Crippen LogP) is 6.31. The van der Waals surface area contributed by atoms with Gasteiger partial charge in [-0.25, -0.2) is 0 Å². The molecule has 1 unspecified atom stereocenters. The second-order valence-electron chi connectivity index (χ2n) is 12.7. The van der Waals surface area contributed by atoms with Crippen molar-refractivity contribution in [1.29, 1.82) is 0 Å². The number of likely N-dealkylation sites (tertiary alicyclic amines) is 1. The van der Waals surface area contributed by atoms with Crippen LogP contribution in [-0.4, -0.2) is 71.3 Å². The Morgan fingerprint density at radius 2 is 1.58 bits per heavy atom. The van der Waals surface area contributed by atoms with Crippen LogP contribution < -0.4 is 15.1 Å². The monoisotopic (exact) mass is 682 g/mol. The smallest absolute Gasteiger partial charge is 0.371 e. The summed E-state index contributed by atoms with van der Waals surface area (Å²) in [5.41, 5.74) is 1.32. The summed E-state index contributed by atoms with van der Waals surface area (Å²) in [4.78, 5) is 17.0.